The number of amides is 1. The van der Waals surface area contributed by atoms with Gasteiger partial charge in [-0.3, -0.25) is 9.48 Å². The third kappa shape index (κ3) is 2.65. The van der Waals surface area contributed by atoms with Gasteiger partial charge in [0.25, 0.3) is 0 Å². The van der Waals surface area contributed by atoms with Gasteiger partial charge in [0, 0.05) is 20.5 Å². The highest BCUT2D eigenvalue weighted by atomic mass is 79.9. The molecule has 20 heavy (non-hydrogen) atoms. The van der Waals surface area contributed by atoms with Crippen LogP contribution in [0.4, 0.5) is 0 Å². The van der Waals surface area contributed by atoms with E-state index >= 15 is 0 Å². The Balaban J connectivity index is 1.57. The fourth-order valence-electron chi connectivity index (χ4n) is 3.93. The van der Waals surface area contributed by atoms with E-state index in [0.717, 1.165) is 28.4 Å². The molecule has 0 radical (unpaired) electrons. The van der Waals surface area contributed by atoms with Crippen LogP contribution in [0.2, 0.25) is 0 Å². The molecule has 2 aliphatic carbocycles. The molecule has 0 N–H and O–H groups in total. The predicted octanol–water partition coefficient (Wildman–Crippen LogP) is 2.97. The molecule has 1 aromatic rings. The van der Waals surface area contributed by atoms with E-state index < -0.39 is 0 Å². The van der Waals surface area contributed by atoms with E-state index in [1.54, 1.807) is 6.20 Å². The largest absolute Gasteiger partial charge is 0.340 e. The second-order valence-corrected chi connectivity index (χ2v) is 7.31. The SMILES string of the molecule is CN(Cc1c(Br)cnn1C)C(=O)CC1CC2CCC1C2. The fourth-order valence-corrected chi connectivity index (χ4v) is 4.41. The Bertz CT molecular complexity index is 494. The van der Waals surface area contributed by atoms with E-state index in [4.69, 9.17) is 0 Å². The molecular formula is C15H22BrN3O. The second-order valence-electron chi connectivity index (χ2n) is 6.45. The van der Waals surface area contributed by atoms with Gasteiger partial charge in [-0.25, -0.2) is 0 Å². The number of halogens is 1. The van der Waals surface area contributed by atoms with Gasteiger partial charge in [-0.1, -0.05) is 6.42 Å². The van der Waals surface area contributed by atoms with E-state index in [9.17, 15) is 4.79 Å². The number of hydrogen-bond donors (Lipinski definition) is 0. The van der Waals surface area contributed by atoms with E-state index in [0.29, 0.717) is 12.5 Å². The van der Waals surface area contributed by atoms with E-state index in [2.05, 4.69) is 21.0 Å². The van der Waals surface area contributed by atoms with Gasteiger partial charge < -0.3 is 4.90 Å². The van der Waals surface area contributed by atoms with Gasteiger partial charge in [0.1, 0.15) is 0 Å². The zero-order chi connectivity index (χ0) is 14.3. The summed E-state index contributed by atoms with van der Waals surface area (Å²) in [5.41, 5.74) is 1.05. The number of aryl methyl sites for hydroxylation is 1. The summed E-state index contributed by atoms with van der Waals surface area (Å²) in [6.07, 6.45) is 7.90. The highest BCUT2D eigenvalue weighted by Gasteiger charge is 2.40. The van der Waals surface area contributed by atoms with Crippen molar-refractivity contribution in [3.05, 3.63) is 16.4 Å². The molecule has 3 atom stereocenters. The van der Waals surface area contributed by atoms with Gasteiger partial charge in [-0.15, -0.1) is 0 Å². The second kappa shape index (κ2) is 5.51. The Kier molecular flexibility index (Phi) is 3.89. The van der Waals surface area contributed by atoms with Crippen LogP contribution >= 0.6 is 15.9 Å². The standard InChI is InChI=1S/C15H22BrN3O/c1-18(9-14-13(16)8-17-19(14)2)15(20)7-12-6-10-3-4-11(12)5-10/h8,10-12H,3-7,9H2,1-2H3. The number of carbonyl (C=O) groups is 1. The van der Waals surface area contributed by atoms with Crippen molar-refractivity contribution in [2.45, 2.75) is 38.6 Å². The van der Waals surface area contributed by atoms with Crippen LogP contribution < -0.4 is 0 Å². The molecule has 2 bridgehead atoms. The van der Waals surface area contributed by atoms with Crippen molar-refractivity contribution in [1.82, 2.24) is 14.7 Å². The minimum atomic E-state index is 0.274. The molecule has 2 fully saturated rings. The van der Waals surface area contributed by atoms with Crippen molar-refractivity contribution in [3.8, 4) is 0 Å². The molecule has 0 aliphatic heterocycles. The molecule has 0 spiro atoms. The Morgan fingerprint density at radius 3 is 2.85 bits per heavy atom. The average molecular weight is 340 g/mol. The maximum atomic E-state index is 12.4. The van der Waals surface area contributed by atoms with Crippen LogP contribution in [0, 0.1) is 17.8 Å². The lowest BCUT2D eigenvalue weighted by Crippen LogP contribution is -2.30. The third-order valence-electron chi connectivity index (χ3n) is 5.14. The molecule has 2 aliphatic rings. The molecule has 3 rings (SSSR count). The maximum Gasteiger partial charge on any atom is 0.222 e. The van der Waals surface area contributed by atoms with Crippen molar-refractivity contribution < 1.29 is 4.79 Å². The molecule has 1 aromatic heterocycles. The first-order valence-corrected chi connectivity index (χ1v) is 8.24. The van der Waals surface area contributed by atoms with Gasteiger partial charge in [0.2, 0.25) is 5.91 Å². The molecule has 5 heteroatoms. The zero-order valence-electron chi connectivity index (χ0n) is 12.2. The number of rotatable bonds is 4. The van der Waals surface area contributed by atoms with Gasteiger partial charge >= 0.3 is 0 Å². The number of hydrogen-bond acceptors (Lipinski definition) is 2. The summed E-state index contributed by atoms with van der Waals surface area (Å²) in [7, 11) is 3.81. The van der Waals surface area contributed by atoms with Crippen LogP contribution in [0.15, 0.2) is 10.7 Å². The summed E-state index contributed by atoms with van der Waals surface area (Å²) in [4.78, 5) is 14.2. The Labute approximate surface area is 128 Å². The van der Waals surface area contributed by atoms with Crippen molar-refractivity contribution in [3.63, 3.8) is 0 Å². The van der Waals surface area contributed by atoms with E-state index in [-0.39, 0.29) is 5.91 Å². The molecule has 1 amide bonds. The highest BCUT2D eigenvalue weighted by Crippen LogP contribution is 2.49. The van der Waals surface area contributed by atoms with Crippen LogP contribution in [0.5, 0.6) is 0 Å². The summed E-state index contributed by atoms with van der Waals surface area (Å²) >= 11 is 3.49. The van der Waals surface area contributed by atoms with Crippen molar-refractivity contribution in [2.24, 2.45) is 24.8 Å². The van der Waals surface area contributed by atoms with Crippen LogP contribution in [-0.4, -0.2) is 27.6 Å². The van der Waals surface area contributed by atoms with Crippen LogP contribution in [0.3, 0.4) is 0 Å². The Morgan fingerprint density at radius 1 is 1.50 bits per heavy atom. The average Bonchev–Trinajstić information content (AvgIpc) is 3.10. The van der Waals surface area contributed by atoms with Crippen LogP contribution in [0.1, 0.15) is 37.8 Å². The number of aromatic nitrogens is 2. The molecular weight excluding hydrogens is 318 g/mol. The quantitative estimate of drug-likeness (QED) is 0.845. The first-order valence-electron chi connectivity index (χ1n) is 7.45. The lowest BCUT2D eigenvalue weighted by molar-refractivity contribution is -0.131. The first kappa shape index (κ1) is 14.1. The molecule has 3 unspecified atom stereocenters. The molecule has 0 aromatic carbocycles. The monoisotopic (exact) mass is 339 g/mol. The molecule has 2 saturated carbocycles. The van der Waals surface area contributed by atoms with Crippen molar-refractivity contribution in [1.29, 1.82) is 0 Å². The topological polar surface area (TPSA) is 38.1 Å². The molecule has 0 saturated heterocycles. The Morgan fingerprint density at radius 2 is 2.30 bits per heavy atom. The number of nitrogens with zero attached hydrogens (tertiary/aromatic N) is 3. The lowest BCUT2D eigenvalue weighted by atomic mass is 9.86. The summed E-state index contributed by atoms with van der Waals surface area (Å²) in [6, 6.07) is 0. The van der Waals surface area contributed by atoms with Gasteiger partial charge in [0.15, 0.2) is 0 Å². The summed E-state index contributed by atoms with van der Waals surface area (Å²) in [5, 5.41) is 4.19. The van der Waals surface area contributed by atoms with E-state index in [1.807, 2.05) is 23.7 Å². The van der Waals surface area contributed by atoms with Crippen molar-refractivity contribution in [2.75, 3.05) is 7.05 Å². The van der Waals surface area contributed by atoms with Crippen LogP contribution in [-0.2, 0) is 18.4 Å². The van der Waals surface area contributed by atoms with E-state index in [1.165, 1.54) is 25.7 Å². The molecule has 4 nitrogen and oxygen atoms in total. The molecule has 110 valence electrons. The Hall–Kier alpha value is -0.840. The minimum absolute atomic E-state index is 0.274. The molecule has 1 heterocycles. The summed E-state index contributed by atoms with van der Waals surface area (Å²) in [6.45, 7) is 0.622. The zero-order valence-corrected chi connectivity index (χ0v) is 13.8. The van der Waals surface area contributed by atoms with Crippen LogP contribution in [0.25, 0.3) is 0 Å². The number of fused-ring (bicyclic) bond motifs is 2. The van der Waals surface area contributed by atoms with Gasteiger partial charge in [0.05, 0.1) is 22.9 Å². The smallest absolute Gasteiger partial charge is 0.222 e. The maximum absolute atomic E-state index is 12.4. The summed E-state index contributed by atoms with van der Waals surface area (Å²) < 4.78 is 2.80. The van der Waals surface area contributed by atoms with Crippen molar-refractivity contribution >= 4 is 21.8 Å². The first-order chi connectivity index (χ1) is 9.54. The predicted molar refractivity (Wildman–Crippen MR) is 80.9 cm³/mol. The number of carbonyl (C=O) groups excluding carboxylic acids is 1. The third-order valence-corrected chi connectivity index (χ3v) is 5.81. The van der Waals surface area contributed by atoms with Gasteiger partial charge in [-0.2, -0.15) is 5.10 Å². The summed E-state index contributed by atoms with van der Waals surface area (Å²) in [5.74, 6) is 2.64. The fraction of sp³-hybridized carbons (Fsp3) is 0.733. The lowest BCUT2D eigenvalue weighted by Gasteiger charge is -2.24. The minimum Gasteiger partial charge on any atom is -0.340 e. The highest BCUT2D eigenvalue weighted by molar-refractivity contribution is 9.10. The van der Waals surface area contributed by atoms with Gasteiger partial charge in [-0.05, 0) is 52.9 Å². The normalized spacial score (nSPS) is 28.1.